The van der Waals surface area contributed by atoms with Crippen molar-refractivity contribution in [3.8, 4) is 0 Å². The fourth-order valence-corrected chi connectivity index (χ4v) is 2.13. The third kappa shape index (κ3) is 3.13. The average Bonchev–Trinajstić information content (AvgIpc) is 2.85. The highest BCUT2D eigenvalue weighted by Gasteiger charge is 2.23. The Balaban J connectivity index is 2.28. The van der Waals surface area contributed by atoms with Gasteiger partial charge in [0, 0.05) is 13.2 Å². The molecule has 0 aliphatic rings. The van der Waals surface area contributed by atoms with E-state index in [0.717, 1.165) is 11.1 Å². The fraction of sp³-hybridized carbons (Fsp3) is 0.250. The first-order valence-electron chi connectivity index (χ1n) is 6.62. The van der Waals surface area contributed by atoms with E-state index in [-0.39, 0.29) is 0 Å². The van der Waals surface area contributed by atoms with Gasteiger partial charge < -0.3 is 15.0 Å². The van der Waals surface area contributed by atoms with E-state index in [1.807, 2.05) is 19.9 Å². The molecule has 1 unspecified atom stereocenters. The summed E-state index contributed by atoms with van der Waals surface area (Å²) in [6.07, 6.45) is 1.74. The predicted octanol–water partition coefficient (Wildman–Crippen LogP) is 2.20. The van der Waals surface area contributed by atoms with Gasteiger partial charge in [0.1, 0.15) is 5.69 Å². The minimum Gasteiger partial charge on any atom is -0.479 e. The number of aromatic nitrogens is 1. The number of aliphatic carboxylic acids is 1. The zero-order valence-electron chi connectivity index (χ0n) is 12.3. The molecule has 0 fully saturated rings. The van der Waals surface area contributed by atoms with Crippen molar-refractivity contribution >= 4 is 11.9 Å². The Morgan fingerprint density at radius 3 is 2.43 bits per heavy atom. The van der Waals surface area contributed by atoms with Crippen LogP contribution < -0.4 is 5.32 Å². The quantitative estimate of drug-likeness (QED) is 0.905. The van der Waals surface area contributed by atoms with Gasteiger partial charge in [0.25, 0.3) is 5.91 Å². The number of hydrogen-bond donors (Lipinski definition) is 2. The minimum absolute atomic E-state index is 0.409. The molecule has 0 aliphatic heterocycles. The van der Waals surface area contributed by atoms with E-state index in [1.54, 1.807) is 42.1 Å². The van der Waals surface area contributed by atoms with E-state index in [0.29, 0.717) is 11.3 Å². The molecule has 2 aromatic rings. The number of nitrogens with zero attached hydrogens (tertiary/aromatic N) is 1. The highest BCUT2D eigenvalue weighted by Crippen LogP contribution is 2.18. The molecule has 5 nitrogen and oxygen atoms in total. The Morgan fingerprint density at radius 2 is 1.90 bits per heavy atom. The predicted molar refractivity (Wildman–Crippen MR) is 79.2 cm³/mol. The molecule has 5 heteroatoms. The van der Waals surface area contributed by atoms with E-state index < -0.39 is 17.9 Å². The molecule has 1 aromatic heterocycles. The molecule has 0 saturated heterocycles. The van der Waals surface area contributed by atoms with Gasteiger partial charge >= 0.3 is 5.97 Å². The highest BCUT2D eigenvalue weighted by atomic mass is 16.4. The number of nitrogens with one attached hydrogen (secondary N) is 1. The average molecular weight is 286 g/mol. The lowest BCUT2D eigenvalue weighted by Crippen LogP contribution is -2.34. The normalized spacial score (nSPS) is 12.0. The van der Waals surface area contributed by atoms with Crippen LogP contribution in [0.3, 0.4) is 0 Å². The second-order valence-electron chi connectivity index (χ2n) is 5.09. The van der Waals surface area contributed by atoms with Crippen molar-refractivity contribution in [2.75, 3.05) is 0 Å². The zero-order chi connectivity index (χ0) is 15.6. The first-order valence-corrected chi connectivity index (χ1v) is 6.62. The summed E-state index contributed by atoms with van der Waals surface area (Å²) in [4.78, 5) is 23.6. The Morgan fingerprint density at radius 1 is 1.19 bits per heavy atom. The van der Waals surface area contributed by atoms with Crippen LogP contribution in [0, 0.1) is 13.8 Å². The maximum absolute atomic E-state index is 12.2. The summed E-state index contributed by atoms with van der Waals surface area (Å²) in [5, 5.41) is 11.9. The van der Waals surface area contributed by atoms with Crippen molar-refractivity contribution in [3.05, 3.63) is 58.9 Å². The topological polar surface area (TPSA) is 71.3 Å². The molecule has 0 bridgehead atoms. The summed E-state index contributed by atoms with van der Waals surface area (Å²) in [6.45, 7) is 3.87. The summed E-state index contributed by atoms with van der Waals surface area (Å²) >= 11 is 0. The van der Waals surface area contributed by atoms with Crippen molar-refractivity contribution in [2.24, 2.45) is 7.05 Å². The van der Waals surface area contributed by atoms with Gasteiger partial charge in [0.2, 0.25) is 0 Å². The molecule has 0 spiro atoms. The molecule has 1 aromatic carbocycles. The van der Waals surface area contributed by atoms with Crippen LogP contribution in [0.4, 0.5) is 0 Å². The number of carbonyl (C=O) groups is 2. The van der Waals surface area contributed by atoms with Crippen molar-refractivity contribution < 1.29 is 14.7 Å². The molecular formula is C16H18N2O3. The van der Waals surface area contributed by atoms with Crippen molar-refractivity contribution in [3.63, 3.8) is 0 Å². The van der Waals surface area contributed by atoms with E-state index in [2.05, 4.69) is 5.32 Å². The van der Waals surface area contributed by atoms with Gasteiger partial charge in [-0.2, -0.15) is 0 Å². The lowest BCUT2D eigenvalue weighted by atomic mass is 10.0. The van der Waals surface area contributed by atoms with Gasteiger partial charge in [-0.1, -0.05) is 18.2 Å². The lowest BCUT2D eigenvalue weighted by Gasteiger charge is -2.16. The first-order chi connectivity index (χ1) is 9.90. The molecule has 1 heterocycles. The van der Waals surface area contributed by atoms with E-state index in [9.17, 15) is 14.7 Å². The maximum atomic E-state index is 12.2. The molecule has 21 heavy (non-hydrogen) atoms. The number of aryl methyl sites for hydroxylation is 3. The summed E-state index contributed by atoms with van der Waals surface area (Å²) in [7, 11) is 1.74. The monoisotopic (exact) mass is 286 g/mol. The number of rotatable bonds is 4. The Kier molecular flexibility index (Phi) is 4.12. The van der Waals surface area contributed by atoms with E-state index in [4.69, 9.17) is 0 Å². The molecule has 110 valence electrons. The lowest BCUT2D eigenvalue weighted by molar-refractivity contribution is -0.139. The minimum atomic E-state index is -1.08. The number of carboxylic acids is 1. The van der Waals surface area contributed by atoms with Gasteiger partial charge in [0.05, 0.1) is 0 Å². The molecule has 1 atom stereocenters. The van der Waals surface area contributed by atoms with Gasteiger partial charge in [-0.15, -0.1) is 0 Å². The molecule has 0 saturated carbocycles. The Bertz CT molecular complexity index is 689. The third-order valence-corrected chi connectivity index (χ3v) is 3.56. The summed E-state index contributed by atoms with van der Waals surface area (Å²) in [5.74, 6) is -1.49. The van der Waals surface area contributed by atoms with Crippen LogP contribution in [0.25, 0.3) is 0 Å². The van der Waals surface area contributed by atoms with E-state index >= 15 is 0 Å². The summed E-state index contributed by atoms with van der Waals surface area (Å²) in [6, 6.07) is 7.70. The fourth-order valence-electron chi connectivity index (χ4n) is 2.13. The molecule has 0 radical (unpaired) electrons. The smallest absolute Gasteiger partial charge is 0.330 e. The number of amides is 1. The number of benzene rings is 1. The molecule has 2 N–H and O–H groups in total. The summed E-state index contributed by atoms with van der Waals surface area (Å²) < 4.78 is 1.65. The van der Waals surface area contributed by atoms with Gasteiger partial charge in [0.15, 0.2) is 6.04 Å². The van der Waals surface area contributed by atoms with Crippen LogP contribution in [-0.2, 0) is 11.8 Å². The molecule has 0 aliphatic carbocycles. The van der Waals surface area contributed by atoms with Crippen LogP contribution >= 0.6 is 0 Å². The first kappa shape index (κ1) is 14.8. The second-order valence-corrected chi connectivity index (χ2v) is 5.09. The van der Waals surface area contributed by atoms with Crippen molar-refractivity contribution in [1.82, 2.24) is 9.88 Å². The van der Waals surface area contributed by atoms with Crippen LogP contribution in [-0.4, -0.2) is 21.6 Å². The molecule has 2 rings (SSSR count). The van der Waals surface area contributed by atoms with Crippen molar-refractivity contribution in [1.29, 1.82) is 0 Å². The Hall–Kier alpha value is -2.56. The SMILES string of the molecule is Cc1ccc(C(NC(=O)c2cccn2C)C(=O)O)cc1C. The number of carboxylic acid groups (broad SMARTS) is 1. The zero-order valence-corrected chi connectivity index (χ0v) is 12.3. The highest BCUT2D eigenvalue weighted by molar-refractivity contribution is 5.95. The number of carbonyl (C=O) groups excluding carboxylic acids is 1. The van der Waals surface area contributed by atoms with E-state index in [1.165, 1.54) is 0 Å². The van der Waals surface area contributed by atoms with Gasteiger partial charge in [-0.3, -0.25) is 4.79 Å². The van der Waals surface area contributed by atoms with Crippen LogP contribution in [0.5, 0.6) is 0 Å². The molecular weight excluding hydrogens is 268 g/mol. The standard InChI is InChI=1S/C16H18N2O3/c1-10-6-7-12(9-11(10)2)14(16(20)21)17-15(19)13-5-4-8-18(13)3/h4-9,14H,1-3H3,(H,17,19)(H,20,21). The second kappa shape index (κ2) is 5.83. The number of hydrogen-bond acceptors (Lipinski definition) is 2. The van der Waals surface area contributed by atoms with Crippen LogP contribution in [0.15, 0.2) is 36.5 Å². The van der Waals surface area contributed by atoms with Crippen LogP contribution in [0.2, 0.25) is 0 Å². The van der Waals surface area contributed by atoms with Crippen molar-refractivity contribution in [2.45, 2.75) is 19.9 Å². The van der Waals surface area contributed by atoms with Gasteiger partial charge in [-0.25, -0.2) is 4.79 Å². The maximum Gasteiger partial charge on any atom is 0.330 e. The Labute approximate surface area is 123 Å². The van der Waals surface area contributed by atoms with Crippen LogP contribution in [0.1, 0.15) is 33.2 Å². The third-order valence-electron chi connectivity index (χ3n) is 3.56. The largest absolute Gasteiger partial charge is 0.479 e. The van der Waals surface area contributed by atoms with Gasteiger partial charge in [-0.05, 0) is 42.7 Å². The molecule has 1 amide bonds. The summed E-state index contributed by atoms with van der Waals surface area (Å²) in [5.41, 5.74) is 3.06.